The summed E-state index contributed by atoms with van der Waals surface area (Å²) >= 11 is 0. The van der Waals surface area contributed by atoms with E-state index in [2.05, 4.69) is 70.2 Å². The second kappa shape index (κ2) is 9.16. The minimum absolute atomic E-state index is 0.160. The Balaban J connectivity index is 1.41. The summed E-state index contributed by atoms with van der Waals surface area (Å²) in [6, 6.07) is 21.5. The van der Waals surface area contributed by atoms with E-state index in [1.54, 1.807) is 0 Å². The summed E-state index contributed by atoms with van der Waals surface area (Å²) in [7, 11) is 0. The number of nitrogens with one attached hydrogen (secondary N) is 1. The van der Waals surface area contributed by atoms with Gasteiger partial charge in [0.05, 0.1) is 11.7 Å². The molecule has 2 aromatic heterocycles. The molecule has 4 aromatic rings. The first-order valence-corrected chi connectivity index (χ1v) is 11.4. The third kappa shape index (κ3) is 4.26. The van der Waals surface area contributed by atoms with Crippen LogP contribution in [0.15, 0.2) is 72.9 Å². The molecule has 0 radical (unpaired) electrons. The molecule has 1 atom stereocenters. The second-order valence-corrected chi connectivity index (χ2v) is 8.57. The van der Waals surface area contributed by atoms with E-state index >= 15 is 0 Å². The molecular formula is C27H28FN5. The fraction of sp³-hybridized carbons (Fsp3) is 0.259. The lowest BCUT2D eigenvalue weighted by molar-refractivity contribution is 0.211. The van der Waals surface area contributed by atoms with Crippen molar-refractivity contribution in [1.29, 1.82) is 0 Å². The van der Waals surface area contributed by atoms with Crippen molar-refractivity contribution in [2.45, 2.75) is 19.9 Å². The summed E-state index contributed by atoms with van der Waals surface area (Å²) in [6.45, 7) is 7.72. The number of hydrogen-bond acceptors (Lipinski definition) is 4. The Bertz CT molecular complexity index is 1190. The number of aromatic amines is 1. The summed E-state index contributed by atoms with van der Waals surface area (Å²) in [6.07, 6.45) is 1.83. The van der Waals surface area contributed by atoms with Crippen LogP contribution in [-0.4, -0.2) is 46.3 Å². The summed E-state index contributed by atoms with van der Waals surface area (Å²) in [5.41, 5.74) is 6.72. The Morgan fingerprint density at radius 2 is 1.61 bits per heavy atom. The molecular weight excluding hydrogens is 413 g/mol. The first-order valence-electron chi connectivity index (χ1n) is 11.4. The zero-order valence-corrected chi connectivity index (χ0v) is 19.0. The molecule has 33 heavy (non-hydrogen) atoms. The first-order chi connectivity index (χ1) is 16.1. The standard InChI is InChI=1S/C27H28FN5/c1-19-25(20(2)31-30-19)26(22-7-4-3-5-8-22)32-15-17-33(18-16-32)27-24(9-6-14-29-27)21-10-12-23(28)13-11-21/h3-14,26H,15-18H2,1-2H3,(H,30,31). The van der Waals surface area contributed by atoms with Crippen LogP contribution in [0.25, 0.3) is 11.1 Å². The normalized spacial score (nSPS) is 15.5. The van der Waals surface area contributed by atoms with E-state index in [4.69, 9.17) is 4.98 Å². The SMILES string of the molecule is Cc1n[nH]c(C)c1C(c1ccccc1)N1CCN(c2ncccc2-c2ccc(F)cc2)CC1. The number of hydrogen-bond donors (Lipinski definition) is 1. The maximum atomic E-state index is 13.5. The fourth-order valence-electron chi connectivity index (χ4n) is 4.85. The first kappa shape index (κ1) is 21.3. The van der Waals surface area contributed by atoms with Gasteiger partial charge in [0.1, 0.15) is 11.6 Å². The third-order valence-electron chi connectivity index (χ3n) is 6.49. The van der Waals surface area contributed by atoms with E-state index in [1.165, 1.54) is 23.3 Å². The van der Waals surface area contributed by atoms with Gasteiger partial charge in [-0.25, -0.2) is 9.37 Å². The summed E-state index contributed by atoms with van der Waals surface area (Å²) in [5, 5.41) is 7.64. The molecule has 1 saturated heterocycles. The van der Waals surface area contributed by atoms with Gasteiger partial charge in [-0.05, 0) is 49.2 Å². The second-order valence-electron chi connectivity index (χ2n) is 8.57. The highest BCUT2D eigenvalue weighted by Crippen LogP contribution is 2.35. The molecule has 6 heteroatoms. The van der Waals surface area contributed by atoms with Crippen LogP contribution < -0.4 is 4.90 Å². The highest BCUT2D eigenvalue weighted by Gasteiger charge is 2.30. The van der Waals surface area contributed by atoms with Crippen LogP contribution in [0, 0.1) is 19.7 Å². The summed E-state index contributed by atoms with van der Waals surface area (Å²) in [4.78, 5) is 9.58. The topological polar surface area (TPSA) is 48.1 Å². The summed E-state index contributed by atoms with van der Waals surface area (Å²) < 4.78 is 13.5. The van der Waals surface area contributed by atoms with E-state index in [9.17, 15) is 4.39 Å². The zero-order valence-electron chi connectivity index (χ0n) is 19.0. The molecule has 3 heterocycles. The number of pyridine rings is 1. The molecule has 1 aliphatic heterocycles. The monoisotopic (exact) mass is 441 g/mol. The molecule has 168 valence electrons. The Hall–Kier alpha value is -3.51. The third-order valence-corrected chi connectivity index (χ3v) is 6.49. The van der Waals surface area contributed by atoms with Gasteiger partial charge in [0.15, 0.2) is 0 Å². The van der Waals surface area contributed by atoms with Crippen molar-refractivity contribution in [1.82, 2.24) is 20.1 Å². The molecule has 0 aliphatic carbocycles. The molecule has 1 aliphatic rings. The zero-order chi connectivity index (χ0) is 22.8. The van der Waals surface area contributed by atoms with Crippen molar-refractivity contribution >= 4 is 5.82 Å². The number of nitrogens with zero attached hydrogens (tertiary/aromatic N) is 4. The smallest absolute Gasteiger partial charge is 0.136 e. The number of H-pyrrole nitrogens is 1. The lowest BCUT2D eigenvalue weighted by Gasteiger charge is -2.40. The van der Waals surface area contributed by atoms with Crippen LogP contribution in [0.1, 0.15) is 28.6 Å². The van der Waals surface area contributed by atoms with Crippen molar-refractivity contribution in [3.8, 4) is 11.1 Å². The van der Waals surface area contributed by atoms with Gasteiger partial charge >= 0.3 is 0 Å². The minimum Gasteiger partial charge on any atom is -0.354 e. The Morgan fingerprint density at radius 1 is 0.879 bits per heavy atom. The average Bonchev–Trinajstić information content (AvgIpc) is 3.19. The maximum Gasteiger partial charge on any atom is 0.136 e. The quantitative estimate of drug-likeness (QED) is 0.466. The van der Waals surface area contributed by atoms with Gasteiger partial charge in [-0.1, -0.05) is 42.5 Å². The number of halogens is 1. The Kier molecular flexibility index (Phi) is 5.92. The van der Waals surface area contributed by atoms with E-state index in [-0.39, 0.29) is 11.9 Å². The number of anilines is 1. The van der Waals surface area contributed by atoms with Gasteiger partial charge in [0.2, 0.25) is 0 Å². The van der Waals surface area contributed by atoms with Crippen LogP contribution in [0.3, 0.4) is 0 Å². The summed E-state index contributed by atoms with van der Waals surface area (Å²) in [5.74, 6) is 0.727. The fourth-order valence-corrected chi connectivity index (χ4v) is 4.85. The van der Waals surface area contributed by atoms with E-state index < -0.39 is 0 Å². The molecule has 1 unspecified atom stereocenters. The van der Waals surface area contributed by atoms with Gasteiger partial charge in [0.25, 0.3) is 0 Å². The van der Waals surface area contributed by atoms with Crippen LogP contribution in [0.2, 0.25) is 0 Å². The van der Waals surface area contributed by atoms with Crippen molar-refractivity contribution in [3.63, 3.8) is 0 Å². The number of benzene rings is 2. The van der Waals surface area contributed by atoms with Crippen LogP contribution in [0.5, 0.6) is 0 Å². The number of aryl methyl sites for hydroxylation is 2. The lowest BCUT2D eigenvalue weighted by atomic mass is 9.94. The van der Waals surface area contributed by atoms with E-state index in [0.717, 1.165) is 54.5 Å². The van der Waals surface area contributed by atoms with Gasteiger partial charge in [-0.3, -0.25) is 10.00 Å². The molecule has 5 rings (SSSR count). The maximum absolute atomic E-state index is 13.5. The van der Waals surface area contributed by atoms with Crippen LogP contribution in [-0.2, 0) is 0 Å². The van der Waals surface area contributed by atoms with Crippen LogP contribution >= 0.6 is 0 Å². The number of aromatic nitrogens is 3. The number of rotatable bonds is 5. The predicted molar refractivity (Wildman–Crippen MR) is 130 cm³/mol. The molecule has 0 saturated carbocycles. The van der Waals surface area contributed by atoms with Gasteiger partial charge in [-0.15, -0.1) is 0 Å². The molecule has 1 fully saturated rings. The molecule has 0 spiro atoms. The highest BCUT2D eigenvalue weighted by molar-refractivity contribution is 5.75. The molecule has 0 amide bonds. The van der Waals surface area contributed by atoms with Crippen molar-refractivity contribution in [2.75, 3.05) is 31.1 Å². The molecule has 1 N–H and O–H groups in total. The average molecular weight is 442 g/mol. The van der Waals surface area contributed by atoms with Gasteiger partial charge in [0, 0.05) is 49.2 Å². The van der Waals surface area contributed by atoms with Crippen LogP contribution in [0.4, 0.5) is 10.2 Å². The Labute approximate surface area is 193 Å². The largest absolute Gasteiger partial charge is 0.354 e. The van der Waals surface area contributed by atoms with Crippen molar-refractivity contribution < 1.29 is 4.39 Å². The van der Waals surface area contributed by atoms with Crippen molar-refractivity contribution in [2.24, 2.45) is 0 Å². The molecule has 5 nitrogen and oxygen atoms in total. The lowest BCUT2D eigenvalue weighted by Crippen LogP contribution is -2.48. The minimum atomic E-state index is -0.227. The van der Waals surface area contributed by atoms with E-state index in [1.807, 2.05) is 24.4 Å². The number of piperazine rings is 1. The van der Waals surface area contributed by atoms with Gasteiger partial charge < -0.3 is 4.90 Å². The molecule has 2 aromatic carbocycles. The van der Waals surface area contributed by atoms with Gasteiger partial charge in [-0.2, -0.15) is 5.10 Å². The van der Waals surface area contributed by atoms with E-state index in [0.29, 0.717) is 0 Å². The Morgan fingerprint density at radius 3 is 2.27 bits per heavy atom. The van der Waals surface area contributed by atoms with Crippen molar-refractivity contribution in [3.05, 3.63) is 101 Å². The highest BCUT2D eigenvalue weighted by atomic mass is 19.1. The predicted octanol–water partition coefficient (Wildman–Crippen LogP) is 5.14. The molecule has 0 bridgehead atoms.